The maximum atomic E-state index is 6.28. The Morgan fingerprint density at radius 1 is 0.730 bits per heavy atom. The minimum atomic E-state index is 0.104. The second-order valence-electron chi connectivity index (χ2n) is 8.54. The molecule has 5 nitrogen and oxygen atoms in total. The van der Waals surface area contributed by atoms with Crippen LogP contribution in [0.25, 0.3) is 16.7 Å². The molecule has 0 unspecified atom stereocenters. The number of halogens is 1. The van der Waals surface area contributed by atoms with Crippen molar-refractivity contribution in [3.05, 3.63) is 120 Å². The summed E-state index contributed by atoms with van der Waals surface area (Å²) < 4.78 is 12.0. The van der Waals surface area contributed by atoms with Gasteiger partial charge in [0.15, 0.2) is 0 Å². The molecule has 7 heteroatoms. The van der Waals surface area contributed by atoms with Crippen molar-refractivity contribution in [1.82, 2.24) is 14.5 Å². The summed E-state index contributed by atoms with van der Waals surface area (Å²) in [5, 5.41) is 0. The number of benzene rings is 4. The van der Waals surface area contributed by atoms with Crippen molar-refractivity contribution >= 4 is 68.2 Å². The van der Waals surface area contributed by atoms with Gasteiger partial charge in [-0.15, -0.1) is 0 Å². The van der Waals surface area contributed by atoms with Crippen molar-refractivity contribution in [1.29, 1.82) is 0 Å². The first-order chi connectivity index (χ1) is 18.2. The van der Waals surface area contributed by atoms with Gasteiger partial charge in [-0.25, -0.2) is 0 Å². The molecule has 6 aromatic rings. The zero-order valence-electron chi connectivity index (χ0n) is 19.5. The molecule has 0 N–H and O–H groups in total. The number of fused-ring (bicyclic) bond motifs is 3. The summed E-state index contributed by atoms with van der Waals surface area (Å²) in [6, 6.07) is 35.0. The number of para-hydroxylation sites is 3. The molecule has 0 amide bonds. The van der Waals surface area contributed by atoms with Gasteiger partial charge < -0.3 is 0 Å². The van der Waals surface area contributed by atoms with Crippen LogP contribution in [0.3, 0.4) is 0 Å². The van der Waals surface area contributed by atoms with E-state index in [9.17, 15) is 0 Å². The average molecular weight is 610 g/mol. The van der Waals surface area contributed by atoms with Gasteiger partial charge in [-0.1, -0.05) is 0 Å². The molecule has 7 rings (SSSR count). The van der Waals surface area contributed by atoms with Gasteiger partial charge in [0.2, 0.25) is 0 Å². The Kier molecular flexibility index (Phi) is 5.55. The van der Waals surface area contributed by atoms with Crippen LogP contribution in [0.4, 0.5) is 17.3 Å². The summed E-state index contributed by atoms with van der Waals surface area (Å²) in [6.07, 6.45) is 3.83. The molecule has 4 aromatic carbocycles. The second-order valence-corrected chi connectivity index (χ2v) is 11.7. The molecule has 0 radical (unpaired) electrons. The summed E-state index contributed by atoms with van der Waals surface area (Å²) >= 11 is 3.64. The third kappa shape index (κ3) is 4.02. The van der Waals surface area contributed by atoms with Crippen molar-refractivity contribution in [2.45, 2.75) is 0 Å². The summed E-state index contributed by atoms with van der Waals surface area (Å²) in [5.41, 5.74) is 5.21. The maximum absolute atomic E-state index is 6.28. The molecule has 1 aliphatic heterocycles. The molecule has 178 valence electrons. The fourth-order valence-corrected chi connectivity index (χ4v) is 7.07. The Balaban J connectivity index is 1.45. The van der Waals surface area contributed by atoms with Gasteiger partial charge in [0.05, 0.1) is 0 Å². The zero-order chi connectivity index (χ0) is 24.8. The van der Waals surface area contributed by atoms with E-state index in [-0.39, 0.29) is 15.0 Å². The van der Waals surface area contributed by atoms with Gasteiger partial charge in [-0.05, 0) is 0 Å². The van der Waals surface area contributed by atoms with E-state index in [1.807, 2.05) is 54.9 Å². The first kappa shape index (κ1) is 22.3. The van der Waals surface area contributed by atoms with Gasteiger partial charge in [-0.3, -0.25) is 0 Å². The van der Waals surface area contributed by atoms with Gasteiger partial charge >= 0.3 is 230 Å². The van der Waals surface area contributed by atoms with Crippen molar-refractivity contribution in [3.8, 4) is 17.2 Å². The molecule has 0 saturated heterocycles. The van der Waals surface area contributed by atoms with E-state index in [1.165, 1.54) is 8.92 Å². The Morgan fingerprint density at radius 3 is 2.46 bits per heavy atom. The van der Waals surface area contributed by atoms with Gasteiger partial charge in [0, 0.05) is 0 Å². The third-order valence-corrected chi connectivity index (χ3v) is 8.98. The number of anilines is 3. The average Bonchev–Trinajstić information content (AvgIpc) is 3.31. The number of hydrogen-bond donors (Lipinski definition) is 0. The summed E-state index contributed by atoms with van der Waals surface area (Å²) in [6.45, 7) is 0. The SMILES string of the molecule is Brc1cccc(Oc2ccc3c(c2)N(c2nc4ccccc4n2-c2ccccc2)c2ccncc2[Se]3)c1. The molecule has 0 spiro atoms. The van der Waals surface area contributed by atoms with Crippen LogP contribution in [0.2, 0.25) is 0 Å². The van der Waals surface area contributed by atoms with E-state index >= 15 is 0 Å². The van der Waals surface area contributed by atoms with E-state index in [0.29, 0.717) is 0 Å². The molecule has 0 bridgehead atoms. The van der Waals surface area contributed by atoms with E-state index in [1.54, 1.807) is 0 Å². The molecule has 0 fully saturated rings. The molecule has 1 aliphatic rings. The summed E-state index contributed by atoms with van der Waals surface area (Å²) in [5.74, 6) is 2.39. The van der Waals surface area contributed by atoms with Crippen LogP contribution in [-0.2, 0) is 0 Å². The number of pyridine rings is 1. The zero-order valence-corrected chi connectivity index (χ0v) is 22.8. The van der Waals surface area contributed by atoms with Crippen LogP contribution >= 0.6 is 15.9 Å². The van der Waals surface area contributed by atoms with E-state index in [0.717, 1.165) is 50.0 Å². The normalized spacial score (nSPS) is 12.3. The van der Waals surface area contributed by atoms with Gasteiger partial charge in [0.25, 0.3) is 0 Å². The first-order valence-corrected chi connectivity index (χ1v) is 14.3. The number of aromatic nitrogens is 3. The molecule has 3 heterocycles. The second kappa shape index (κ2) is 9.20. The van der Waals surface area contributed by atoms with Crippen molar-refractivity contribution in [2.24, 2.45) is 0 Å². The van der Waals surface area contributed by atoms with Gasteiger partial charge in [0.1, 0.15) is 0 Å². The third-order valence-electron chi connectivity index (χ3n) is 6.18. The molecular weight excluding hydrogens is 591 g/mol. The quantitative estimate of drug-likeness (QED) is 0.216. The topological polar surface area (TPSA) is 43.2 Å². The van der Waals surface area contributed by atoms with Crippen molar-refractivity contribution in [3.63, 3.8) is 0 Å². The van der Waals surface area contributed by atoms with Crippen molar-refractivity contribution < 1.29 is 4.74 Å². The number of imidazole rings is 1. The standard InChI is InChI=1S/C30H19BrN4OSe/c31-20-7-6-10-22(17-20)36-23-13-14-28-27(18-23)35(26-15-16-32-19-29(26)37-28)30-33-24-11-4-5-12-25(24)34(30)21-8-2-1-3-9-21/h1-19H. The molecule has 37 heavy (non-hydrogen) atoms. The Hall–Kier alpha value is -3.90. The molecule has 0 saturated carbocycles. The summed E-state index contributed by atoms with van der Waals surface area (Å²) in [7, 11) is 0. The molecule has 0 atom stereocenters. The Bertz CT molecular complexity index is 1770. The van der Waals surface area contributed by atoms with Crippen LogP contribution in [0.15, 0.2) is 120 Å². The molecular formula is C30H19BrN4OSe. The minimum absolute atomic E-state index is 0.104. The van der Waals surface area contributed by atoms with Crippen molar-refractivity contribution in [2.75, 3.05) is 4.90 Å². The predicted molar refractivity (Wildman–Crippen MR) is 153 cm³/mol. The van der Waals surface area contributed by atoms with E-state index in [4.69, 9.17) is 9.72 Å². The Labute approximate surface area is 228 Å². The van der Waals surface area contributed by atoms with E-state index in [2.05, 4.69) is 91.0 Å². The van der Waals surface area contributed by atoms with E-state index < -0.39 is 0 Å². The fourth-order valence-electron chi connectivity index (χ4n) is 4.58. The number of hydrogen-bond acceptors (Lipinski definition) is 4. The molecule has 2 aromatic heterocycles. The monoisotopic (exact) mass is 610 g/mol. The van der Waals surface area contributed by atoms with Crippen LogP contribution in [0, 0.1) is 0 Å². The van der Waals surface area contributed by atoms with Crippen LogP contribution in [-0.4, -0.2) is 29.5 Å². The number of nitrogens with zero attached hydrogens (tertiary/aromatic N) is 4. The van der Waals surface area contributed by atoms with Crippen LogP contribution in [0.5, 0.6) is 11.5 Å². The number of ether oxygens (including phenoxy) is 1. The number of rotatable bonds is 4. The fraction of sp³-hybridized carbons (Fsp3) is 0. The van der Waals surface area contributed by atoms with Crippen LogP contribution in [0.1, 0.15) is 0 Å². The molecule has 0 aliphatic carbocycles. The predicted octanol–water partition coefficient (Wildman–Crippen LogP) is 6.41. The van der Waals surface area contributed by atoms with Gasteiger partial charge in [-0.2, -0.15) is 0 Å². The first-order valence-electron chi connectivity index (χ1n) is 11.8. The summed E-state index contributed by atoms with van der Waals surface area (Å²) in [4.78, 5) is 11.8. The van der Waals surface area contributed by atoms with Crippen LogP contribution < -0.4 is 18.6 Å². The Morgan fingerprint density at radius 2 is 1.57 bits per heavy atom.